The predicted molar refractivity (Wildman–Crippen MR) is 117 cm³/mol. The molecule has 0 atom stereocenters. The summed E-state index contributed by atoms with van der Waals surface area (Å²) >= 11 is 0. The van der Waals surface area contributed by atoms with Gasteiger partial charge in [0.05, 0.1) is 11.8 Å². The van der Waals surface area contributed by atoms with E-state index in [0.717, 1.165) is 16.3 Å². The van der Waals surface area contributed by atoms with E-state index in [1.165, 1.54) is 6.21 Å². The molecule has 0 unspecified atom stereocenters. The molecule has 1 amide bonds. The standard InChI is InChI=1S/C25H18N2O3/c28-24(22-13-12-19-6-4-5-9-21(19)16-22)27-26-17-18-10-14-23(15-11-18)30-25(29)20-7-2-1-3-8-20/h1-17H,(H,27,28)/b26-17-. The Morgan fingerprint density at radius 1 is 0.733 bits per heavy atom. The Hall–Kier alpha value is -4.25. The molecule has 0 bridgehead atoms. The lowest BCUT2D eigenvalue weighted by Gasteiger charge is -2.04. The molecule has 0 spiro atoms. The normalized spacial score (nSPS) is 10.8. The number of hydrazone groups is 1. The Bertz CT molecular complexity index is 1220. The molecule has 146 valence electrons. The average Bonchev–Trinajstić information content (AvgIpc) is 2.80. The molecule has 0 aliphatic carbocycles. The molecule has 0 radical (unpaired) electrons. The van der Waals surface area contributed by atoms with Gasteiger partial charge in [0.2, 0.25) is 0 Å². The minimum absolute atomic E-state index is 0.287. The van der Waals surface area contributed by atoms with Gasteiger partial charge < -0.3 is 4.74 Å². The summed E-state index contributed by atoms with van der Waals surface area (Å²) in [5.74, 6) is -0.272. The van der Waals surface area contributed by atoms with Crippen LogP contribution in [0.25, 0.3) is 10.8 Å². The number of carbonyl (C=O) groups is 2. The van der Waals surface area contributed by atoms with Crippen LogP contribution in [0, 0.1) is 0 Å². The molecule has 0 fully saturated rings. The van der Waals surface area contributed by atoms with E-state index >= 15 is 0 Å². The fourth-order valence-electron chi connectivity index (χ4n) is 2.92. The molecule has 0 aliphatic heterocycles. The molecule has 5 heteroatoms. The van der Waals surface area contributed by atoms with Crippen LogP contribution in [0.5, 0.6) is 5.75 Å². The van der Waals surface area contributed by atoms with Crippen molar-refractivity contribution in [3.05, 3.63) is 114 Å². The summed E-state index contributed by atoms with van der Waals surface area (Å²) in [7, 11) is 0. The molecule has 0 saturated carbocycles. The SMILES string of the molecule is O=C(N/N=C\c1ccc(OC(=O)c2ccccc2)cc1)c1ccc2ccccc2c1. The number of hydrogen-bond donors (Lipinski definition) is 1. The van der Waals surface area contributed by atoms with Crippen molar-refractivity contribution in [2.75, 3.05) is 0 Å². The number of benzene rings is 4. The molecule has 5 nitrogen and oxygen atoms in total. The Morgan fingerprint density at radius 2 is 1.43 bits per heavy atom. The van der Waals surface area contributed by atoms with Crippen LogP contribution in [0.4, 0.5) is 0 Å². The summed E-state index contributed by atoms with van der Waals surface area (Å²) in [6, 6.07) is 29.0. The third-order valence-corrected chi connectivity index (χ3v) is 4.49. The smallest absolute Gasteiger partial charge is 0.343 e. The maximum absolute atomic E-state index is 12.3. The number of nitrogens with zero attached hydrogens (tertiary/aromatic N) is 1. The summed E-state index contributed by atoms with van der Waals surface area (Å²) in [6.07, 6.45) is 1.53. The Morgan fingerprint density at radius 3 is 2.20 bits per heavy atom. The highest BCUT2D eigenvalue weighted by molar-refractivity contribution is 5.99. The van der Waals surface area contributed by atoms with Gasteiger partial charge in [-0.3, -0.25) is 4.79 Å². The number of ether oxygens (including phenoxy) is 1. The van der Waals surface area contributed by atoms with Crippen molar-refractivity contribution in [1.82, 2.24) is 5.43 Å². The van der Waals surface area contributed by atoms with Gasteiger partial charge in [0, 0.05) is 5.56 Å². The van der Waals surface area contributed by atoms with Gasteiger partial charge in [-0.2, -0.15) is 5.10 Å². The number of rotatable bonds is 5. The van der Waals surface area contributed by atoms with Crippen LogP contribution in [-0.2, 0) is 0 Å². The second-order valence-corrected chi connectivity index (χ2v) is 6.59. The van der Waals surface area contributed by atoms with Crippen molar-refractivity contribution in [1.29, 1.82) is 0 Å². The van der Waals surface area contributed by atoms with Crippen molar-refractivity contribution in [2.24, 2.45) is 5.10 Å². The zero-order valence-corrected chi connectivity index (χ0v) is 16.0. The summed E-state index contributed by atoms with van der Waals surface area (Å²) in [4.78, 5) is 24.4. The molecule has 1 N–H and O–H groups in total. The number of carbonyl (C=O) groups excluding carboxylic acids is 2. The van der Waals surface area contributed by atoms with E-state index < -0.39 is 5.97 Å². The van der Waals surface area contributed by atoms with Crippen LogP contribution in [0.2, 0.25) is 0 Å². The van der Waals surface area contributed by atoms with Gasteiger partial charge in [-0.1, -0.05) is 48.5 Å². The van der Waals surface area contributed by atoms with Crippen molar-refractivity contribution in [3.63, 3.8) is 0 Å². The molecule has 4 aromatic carbocycles. The fraction of sp³-hybridized carbons (Fsp3) is 0. The van der Waals surface area contributed by atoms with Crippen LogP contribution in [0.1, 0.15) is 26.3 Å². The predicted octanol–water partition coefficient (Wildman–Crippen LogP) is 4.82. The zero-order valence-electron chi connectivity index (χ0n) is 16.0. The van der Waals surface area contributed by atoms with E-state index in [9.17, 15) is 9.59 Å². The third-order valence-electron chi connectivity index (χ3n) is 4.49. The fourth-order valence-corrected chi connectivity index (χ4v) is 2.92. The summed E-state index contributed by atoms with van der Waals surface area (Å²) in [5, 5.41) is 6.07. The third kappa shape index (κ3) is 4.59. The van der Waals surface area contributed by atoms with Gasteiger partial charge in [-0.05, 0) is 64.9 Å². The topological polar surface area (TPSA) is 67.8 Å². The van der Waals surface area contributed by atoms with E-state index in [0.29, 0.717) is 16.9 Å². The molecule has 4 aromatic rings. The molecule has 4 rings (SSSR count). The maximum Gasteiger partial charge on any atom is 0.343 e. The molecule has 0 saturated heterocycles. The summed E-state index contributed by atoms with van der Waals surface area (Å²) < 4.78 is 5.34. The van der Waals surface area contributed by atoms with Crippen LogP contribution in [0.15, 0.2) is 102 Å². The van der Waals surface area contributed by atoms with E-state index in [4.69, 9.17) is 4.74 Å². The lowest BCUT2D eigenvalue weighted by Crippen LogP contribution is -2.17. The van der Waals surface area contributed by atoms with Gasteiger partial charge >= 0.3 is 5.97 Å². The molecule has 0 aliphatic rings. The highest BCUT2D eigenvalue weighted by Crippen LogP contribution is 2.16. The first-order chi connectivity index (χ1) is 14.7. The lowest BCUT2D eigenvalue weighted by molar-refractivity contribution is 0.0734. The van der Waals surface area contributed by atoms with Crippen LogP contribution in [0.3, 0.4) is 0 Å². The molecular weight excluding hydrogens is 376 g/mol. The van der Waals surface area contributed by atoms with E-state index in [1.807, 2.05) is 42.5 Å². The Labute approximate surface area is 173 Å². The first-order valence-corrected chi connectivity index (χ1v) is 9.38. The lowest BCUT2D eigenvalue weighted by atomic mass is 10.1. The van der Waals surface area contributed by atoms with E-state index in [2.05, 4.69) is 10.5 Å². The summed E-state index contributed by atoms with van der Waals surface area (Å²) in [5.41, 5.74) is 4.31. The van der Waals surface area contributed by atoms with E-state index in [1.54, 1.807) is 54.6 Å². The largest absolute Gasteiger partial charge is 0.423 e. The number of amides is 1. The minimum Gasteiger partial charge on any atom is -0.423 e. The molecule has 30 heavy (non-hydrogen) atoms. The van der Waals surface area contributed by atoms with Crippen molar-refractivity contribution in [2.45, 2.75) is 0 Å². The number of nitrogens with one attached hydrogen (secondary N) is 1. The first kappa shape index (κ1) is 19.1. The molecular formula is C25H18N2O3. The van der Waals surface area contributed by atoms with Gasteiger partial charge in [0.1, 0.15) is 5.75 Å². The number of hydrogen-bond acceptors (Lipinski definition) is 4. The van der Waals surface area contributed by atoms with Gasteiger partial charge in [-0.25, -0.2) is 10.2 Å². The van der Waals surface area contributed by atoms with Crippen molar-refractivity contribution < 1.29 is 14.3 Å². The highest BCUT2D eigenvalue weighted by Gasteiger charge is 2.07. The van der Waals surface area contributed by atoms with Crippen LogP contribution in [-0.4, -0.2) is 18.1 Å². The zero-order chi connectivity index (χ0) is 20.8. The summed E-state index contributed by atoms with van der Waals surface area (Å²) in [6.45, 7) is 0. The second kappa shape index (κ2) is 8.84. The maximum atomic E-state index is 12.3. The quantitative estimate of drug-likeness (QED) is 0.228. The Kier molecular flexibility index (Phi) is 5.62. The van der Waals surface area contributed by atoms with Crippen LogP contribution >= 0.6 is 0 Å². The monoisotopic (exact) mass is 394 g/mol. The highest BCUT2D eigenvalue weighted by atomic mass is 16.5. The van der Waals surface area contributed by atoms with E-state index in [-0.39, 0.29) is 5.91 Å². The van der Waals surface area contributed by atoms with Crippen molar-refractivity contribution in [3.8, 4) is 5.75 Å². The minimum atomic E-state index is -0.417. The first-order valence-electron chi connectivity index (χ1n) is 9.38. The van der Waals surface area contributed by atoms with Crippen molar-refractivity contribution >= 4 is 28.9 Å². The van der Waals surface area contributed by atoms with Gasteiger partial charge in [0.15, 0.2) is 0 Å². The molecule has 0 aromatic heterocycles. The van der Waals surface area contributed by atoms with Gasteiger partial charge in [0.25, 0.3) is 5.91 Å². The number of esters is 1. The number of fused-ring (bicyclic) bond motifs is 1. The van der Waals surface area contributed by atoms with Crippen LogP contribution < -0.4 is 10.2 Å². The average molecular weight is 394 g/mol. The molecule has 0 heterocycles. The van der Waals surface area contributed by atoms with Gasteiger partial charge in [-0.15, -0.1) is 0 Å². The Balaban J connectivity index is 1.35. The second-order valence-electron chi connectivity index (χ2n) is 6.59.